The summed E-state index contributed by atoms with van der Waals surface area (Å²) in [4.78, 5) is 7.35. The molecule has 0 amide bonds. The van der Waals surface area contributed by atoms with Gasteiger partial charge in [-0.2, -0.15) is 0 Å². The SMILES string of the molecule is BrNCN1CN2CCCN(C2)C1. The largest absolute Gasteiger partial charge is 0.277 e. The fraction of sp³-hybridized carbons (Fsp3) is 1.00. The molecule has 0 aromatic carbocycles. The minimum Gasteiger partial charge on any atom is -0.277 e. The Balaban J connectivity index is 1.87. The zero-order valence-corrected chi connectivity index (χ0v) is 8.76. The minimum absolute atomic E-state index is 0.924. The average molecular weight is 235 g/mol. The Bertz CT molecular complexity index is 142. The molecule has 2 aliphatic rings. The molecule has 2 fully saturated rings. The molecule has 2 unspecified atom stereocenters. The van der Waals surface area contributed by atoms with Crippen molar-refractivity contribution < 1.29 is 0 Å². The third kappa shape index (κ3) is 1.97. The first-order valence-electron chi connectivity index (χ1n) is 4.39. The van der Waals surface area contributed by atoms with Crippen molar-refractivity contribution in [2.75, 3.05) is 39.8 Å². The quantitative estimate of drug-likeness (QED) is 0.682. The molecule has 0 aliphatic carbocycles. The van der Waals surface area contributed by atoms with E-state index in [1.54, 1.807) is 0 Å². The standard InChI is InChI=1S/C7H15BrN4/c8-9-4-12-6-10-2-1-3-11(5-10)7-12/h9H,1-7H2. The van der Waals surface area contributed by atoms with Gasteiger partial charge in [0.05, 0.1) is 26.7 Å². The first-order valence-corrected chi connectivity index (χ1v) is 5.18. The molecule has 5 heteroatoms. The summed E-state index contributed by atoms with van der Waals surface area (Å²) in [6.45, 7) is 6.82. The van der Waals surface area contributed by atoms with Crippen molar-refractivity contribution in [2.45, 2.75) is 6.42 Å². The maximum Gasteiger partial charge on any atom is 0.0604 e. The Kier molecular flexibility index (Phi) is 2.98. The Morgan fingerprint density at radius 3 is 2.33 bits per heavy atom. The number of nitrogens with zero attached hydrogens (tertiary/aromatic N) is 3. The van der Waals surface area contributed by atoms with E-state index >= 15 is 0 Å². The minimum atomic E-state index is 0.924. The fourth-order valence-electron chi connectivity index (χ4n) is 1.97. The predicted octanol–water partition coefficient (Wildman–Crippen LogP) is 0.0392. The zero-order valence-electron chi connectivity index (χ0n) is 7.17. The summed E-state index contributed by atoms with van der Waals surface area (Å²) in [6.07, 6.45) is 1.33. The predicted molar refractivity (Wildman–Crippen MR) is 51.4 cm³/mol. The highest BCUT2D eigenvalue weighted by Gasteiger charge is 2.25. The zero-order chi connectivity index (χ0) is 8.39. The van der Waals surface area contributed by atoms with Gasteiger partial charge in [-0.3, -0.25) is 14.7 Å². The molecule has 2 saturated heterocycles. The van der Waals surface area contributed by atoms with Gasteiger partial charge >= 0.3 is 0 Å². The second kappa shape index (κ2) is 4.02. The van der Waals surface area contributed by atoms with Crippen LogP contribution in [0.2, 0.25) is 0 Å². The highest BCUT2D eigenvalue weighted by atomic mass is 79.9. The maximum absolute atomic E-state index is 3.24. The normalized spacial score (nSPS) is 36.8. The summed E-state index contributed by atoms with van der Waals surface area (Å²) in [5, 5.41) is 0. The van der Waals surface area contributed by atoms with Gasteiger partial charge in [0.2, 0.25) is 0 Å². The summed E-state index contributed by atoms with van der Waals surface area (Å²) in [5.41, 5.74) is 0. The number of fused-ring (bicyclic) bond motifs is 2. The molecule has 0 aromatic rings. The highest BCUT2D eigenvalue weighted by Crippen LogP contribution is 2.12. The van der Waals surface area contributed by atoms with Gasteiger partial charge in [-0.1, -0.05) is 0 Å². The van der Waals surface area contributed by atoms with Crippen molar-refractivity contribution in [1.29, 1.82) is 0 Å². The molecular formula is C7H15BrN4. The molecule has 4 nitrogen and oxygen atoms in total. The van der Waals surface area contributed by atoms with Gasteiger partial charge in [-0.25, -0.2) is 4.34 Å². The van der Waals surface area contributed by atoms with Crippen LogP contribution in [0, 0.1) is 0 Å². The van der Waals surface area contributed by atoms with E-state index in [0.29, 0.717) is 0 Å². The summed E-state index contributed by atoms with van der Waals surface area (Å²) < 4.78 is 3.01. The Labute approximate surface area is 81.8 Å². The van der Waals surface area contributed by atoms with Crippen LogP contribution in [0.4, 0.5) is 0 Å². The van der Waals surface area contributed by atoms with Crippen LogP contribution < -0.4 is 4.34 Å². The molecule has 2 atom stereocenters. The van der Waals surface area contributed by atoms with Crippen molar-refractivity contribution in [3.63, 3.8) is 0 Å². The van der Waals surface area contributed by atoms with E-state index in [4.69, 9.17) is 0 Å². The summed E-state index contributed by atoms with van der Waals surface area (Å²) in [7, 11) is 0. The van der Waals surface area contributed by atoms with Gasteiger partial charge in [0.1, 0.15) is 0 Å². The molecule has 2 rings (SSSR count). The van der Waals surface area contributed by atoms with E-state index in [1.165, 1.54) is 26.2 Å². The molecule has 0 radical (unpaired) electrons. The number of hydrogen-bond donors (Lipinski definition) is 1. The van der Waals surface area contributed by atoms with Crippen molar-refractivity contribution >= 4 is 16.1 Å². The molecule has 2 bridgehead atoms. The van der Waals surface area contributed by atoms with Crippen LogP contribution in [0.5, 0.6) is 0 Å². The van der Waals surface area contributed by atoms with Gasteiger partial charge < -0.3 is 0 Å². The molecule has 2 heterocycles. The van der Waals surface area contributed by atoms with Gasteiger partial charge in [-0.15, -0.1) is 0 Å². The number of rotatable bonds is 2. The number of hydrogen-bond acceptors (Lipinski definition) is 4. The van der Waals surface area contributed by atoms with Crippen LogP contribution in [-0.4, -0.2) is 54.5 Å². The fourth-order valence-corrected chi connectivity index (χ4v) is 2.32. The van der Waals surface area contributed by atoms with Gasteiger partial charge in [-0.05, 0) is 6.42 Å². The van der Waals surface area contributed by atoms with E-state index < -0.39 is 0 Å². The maximum atomic E-state index is 3.24. The van der Waals surface area contributed by atoms with E-state index in [2.05, 4.69) is 35.2 Å². The average Bonchev–Trinajstić information content (AvgIpc) is 2.04. The first kappa shape index (κ1) is 8.90. The van der Waals surface area contributed by atoms with Gasteiger partial charge in [0.15, 0.2) is 0 Å². The third-order valence-corrected chi connectivity index (χ3v) is 2.68. The lowest BCUT2D eigenvalue weighted by molar-refractivity contribution is -0.0555. The van der Waals surface area contributed by atoms with Crippen LogP contribution in [-0.2, 0) is 0 Å². The Hall–Kier alpha value is 0.320. The second-order valence-electron chi connectivity index (χ2n) is 3.53. The number of halogens is 1. The molecule has 12 heavy (non-hydrogen) atoms. The van der Waals surface area contributed by atoms with Crippen LogP contribution in [0.15, 0.2) is 0 Å². The Morgan fingerprint density at radius 2 is 1.75 bits per heavy atom. The monoisotopic (exact) mass is 234 g/mol. The third-order valence-electron chi connectivity index (χ3n) is 2.43. The molecule has 0 saturated carbocycles. The molecular weight excluding hydrogens is 220 g/mol. The van der Waals surface area contributed by atoms with Crippen molar-refractivity contribution in [3.05, 3.63) is 0 Å². The van der Waals surface area contributed by atoms with E-state index in [-0.39, 0.29) is 0 Å². The van der Waals surface area contributed by atoms with E-state index in [1.807, 2.05) is 0 Å². The van der Waals surface area contributed by atoms with E-state index in [9.17, 15) is 0 Å². The molecule has 0 aromatic heterocycles. The van der Waals surface area contributed by atoms with Gasteiger partial charge in [0.25, 0.3) is 0 Å². The highest BCUT2D eigenvalue weighted by molar-refractivity contribution is 9.08. The topological polar surface area (TPSA) is 21.8 Å². The van der Waals surface area contributed by atoms with Crippen molar-refractivity contribution in [2.24, 2.45) is 0 Å². The smallest absolute Gasteiger partial charge is 0.0604 e. The van der Waals surface area contributed by atoms with Crippen LogP contribution in [0.3, 0.4) is 0 Å². The van der Waals surface area contributed by atoms with Crippen LogP contribution in [0.1, 0.15) is 6.42 Å². The molecule has 1 N–H and O–H groups in total. The lowest BCUT2D eigenvalue weighted by Gasteiger charge is -2.45. The summed E-state index contributed by atoms with van der Waals surface area (Å²) in [5.74, 6) is 0. The first-order chi connectivity index (χ1) is 5.88. The lowest BCUT2D eigenvalue weighted by Crippen LogP contribution is -2.59. The molecule has 0 spiro atoms. The van der Waals surface area contributed by atoms with Crippen LogP contribution in [0.25, 0.3) is 0 Å². The second-order valence-corrected chi connectivity index (χ2v) is 4.09. The molecule has 70 valence electrons. The molecule has 2 aliphatic heterocycles. The van der Waals surface area contributed by atoms with Crippen molar-refractivity contribution in [1.82, 2.24) is 19.0 Å². The van der Waals surface area contributed by atoms with Gasteiger partial charge in [0, 0.05) is 29.2 Å². The van der Waals surface area contributed by atoms with Crippen LogP contribution >= 0.6 is 16.1 Å². The Morgan fingerprint density at radius 1 is 1.08 bits per heavy atom. The number of nitrogens with one attached hydrogen (secondary N) is 1. The van der Waals surface area contributed by atoms with Crippen molar-refractivity contribution in [3.8, 4) is 0 Å². The summed E-state index contributed by atoms with van der Waals surface area (Å²) >= 11 is 3.24. The lowest BCUT2D eigenvalue weighted by atomic mass is 10.3. The van der Waals surface area contributed by atoms with E-state index in [0.717, 1.165) is 20.0 Å². The summed E-state index contributed by atoms with van der Waals surface area (Å²) in [6, 6.07) is 0.